The molecule has 0 saturated heterocycles. The smallest absolute Gasteiger partial charge is 0.263 e. The number of alkyl halides is 2. The molecule has 13 heavy (non-hydrogen) atoms. The third-order valence-electron chi connectivity index (χ3n) is 2.86. The molecule has 0 amide bonds. The minimum atomic E-state index is -2.50. The van der Waals surface area contributed by atoms with Crippen LogP contribution in [0.25, 0.3) is 0 Å². The van der Waals surface area contributed by atoms with E-state index >= 15 is 0 Å². The molecular weight excluding hydrogens is 172 g/mol. The molecule has 0 aromatic carbocycles. The summed E-state index contributed by atoms with van der Waals surface area (Å²) in [4.78, 5) is 0. The molecule has 0 unspecified atom stereocenters. The summed E-state index contributed by atoms with van der Waals surface area (Å²) < 4.78 is 26.9. The van der Waals surface area contributed by atoms with Gasteiger partial charge in [0, 0.05) is 5.92 Å². The Hall–Kier alpha value is -0.180. The van der Waals surface area contributed by atoms with Crippen molar-refractivity contribution >= 4 is 0 Å². The van der Waals surface area contributed by atoms with Crippen molar-refractivity contribution < 1.29 is 8.78 Å². The van der Waals surface area contributed by atoms with Gasteiger partial charge in [0.1, 0.15) is 0 Å². The molecule has 1 aliphatic carbocycles. The van der Waals surface area contributed by atoms with Crippen LogP contribution >= 0.6 is 0 Å². The first-order valence-electron chi connectivity index (χ1n) is 5.19. The van der Waals surface area contributed by atoms with Gasteiger partial charge < -0.3 is 5.32 Å². The minimum Gasteiger partial charge on any atom is -0.314 e. The van der Waals surface area contributed by atoms with Crippen LogP contribution in [0.4, 0.5) is 8.78 Å². The Morgan fingerprint density at radius 1 is 1.15 bits per heavy atom. The van der Waals surface area contributed by atoms with Crippen LogP contribution in [-0.4, -0.2) is 19.5 Å². The first-order valence-corrected chi connectivity index (χ1v) is 5.19. The molecule has 0 radical (unpaired) electrons. The van der Waals surface area contributed by atoms with Gasteiger partial charge in [-0.15, -0.1) is 0 Å². The summed E-state index contributed by atoms with van der Waals surface area (Å²) in [7, 11) is 1.59. The average molecular weight is 191 g/mol. The van der Waals surface area contributed by atoms with E-state index in [4.69, 9.17) is 0 Å². The predicted molar refractivity (Wildman–Crippen MR) is 50.1 cm³/mol. The molecule has 1 aliphatic rings. The second-order valence-corrected chi connectivity index (χ2v) is 3.98. The maximum absolute atomic E-state index is 13.4. The fraction of sp³-hybridized carbons (Fsp3) is 1.00. The zero-order chi connectivity index (χ0) is 9.73. The normalized spacial score (nSPS) is 21.5. The van der Waals surface area contributed by atoms with E-state index in [1.54, 1.807) is 7.05 Å². The Morgan fingerprint density at radius 3 is 2.15 bits per heavy atom. The summed E-state index contributed by atoms with van der Waals surface area (Å²) in [6.45, 7) is -0.169. The van der Waals surface area contributed by atoms with E-state index in [1.807, 2.05) is 0 Å². The van der Waals surface area contributed by atoms with E-state index in [1.165, 1.54) is 0 Å². The van der Waals surface area contributed by atoms with Crippen LogP contribution < -0.4 is 5.32 Å². The van der Waals surface area contributed by atoms with Crippen molar-refractivity contribution in [2.24, 2.45) is 5.92 Å². The Kier molecular flexibility index (Phi) is 4.10. The van der Waals surface area contributed by atoms with Crippen molar-refractivity contribution in [3.8, 4) is 0 Å². The van der Waals surface area contributed by atoms with Crippen LogP contribution in [0.15, 0.2) is 0 Å². The molecule has 0 aromatic heterocycles. The quantitative estimate of drug-likeness (QED) is 0.676. The SMILES string of the molecule is CNCC(F)(F)C1CCCCCC1. The molecule has 1 rings (SSSR count). The molecule has 1 N–H and O–H groups in total. The Balaban J connectivity index is 2.46. The predicted octanol–water partition coefficient (Wildman–Crippen LogP) is 2.81. The first kappa shape index (κ1) is 10.9. The van der Waals surface area contributed by atoms with Gasteiger partial charge in [-0.1, -0.05) is 25.7 Å². The van der Waals surface area contributed by atoms with Gasteiger partial charge in [0.05, 0.1) is 6.54 Å². The number of nitrogens with one attached hydrogen (secondary N) is 1. The van der Waals surface area contributed by atoms with E-state index in [2.05, 4.69) is 5.32 Å². The zero-order valence-corrected chi connectivity index (χ0v) is 8.28. The molecule has 78 valence electrons. The van der Waals surface area contributed by atoms with Gasteiger partial charge in [0.2, 0.25) is 0 Å². The Bertz CT molecular complexity index is 140. The van der Waals surface area contributed by atoms with Gasteiger partial charge in [0.25, 0.3) is 5.92 Å². The van der Waals surface area contributed by atoms with Crippen molar-refractivity contribution in [1.29, 1.82) is 0 Å². The summed E-state index contributed by atoms with van der Waals surface area (Å²) in [5, 5.41) is 2.58. The van der Waals surface area contributed by atoms with E-state index in [-0.39, 0.29) is 12.5 Å². The third kappa shape index (κ3) is 3.22. The lowest BCUT2D eigenvalue weighted by molar-refractivity contribution is -0.0598. The maximum Gasteiger partial charge on any atom is 0.263 e. The maximum atomic E-state index is 13.4. The van der Waals surface area contributed by atoms with Crippen molar-refractivity contribution in [3.05, 3.63) is 0 Å². The molecular formula is C10H19F2N. The highest BCUT2D eigenvalue weighted by Gasteiger charge is 2.38. The molecule has 0 bridgehead atoms. The highest BCUT2D eigenvalue weighted by atomic mass is 19.3. The Morgan fingerprint density at radius 2 is 1.69 bits per heavy atom. The van der Waals surface area contributed by atoms with Gasteiger partial charge in [-0.3, -0.25) is 0 Å². The lowest BCUT2D eigenvalue weighted by atomic mass is 9.93. The molecule has 0 spiro atoms. The Labute approximate surface area is 78.9 Å². The standard InChI is InChI=1S/C10H19F2N/c1-13-8-10(11,12)9-6-4-2-3-5-7-9/h9,13H,2-8H2,1H3. The molecule has 3 heteroatoms. The number of hydrogen-bond acceptors (Lipinski definition) is 1. The summed E-state index contributed by atoms with van der Waals surface area (Å²) in [5.41, 5.74) is 0. The van der Waals surface area contributed by atoms with Crippen LogP contribution in [0.3, 0.4) is 0 Å². The van der Waals surface area contributed by atoms with E-state index in [9.17, 15) is 8.78 Å². The van der Waals surface area contributed by atoms with Gasteiger partial charge in [0.15, 0.2) is 0 Å². The van der Waals surface area contributed by atoms with Crippen LogP contribution in [0.2, 0.25) is 0 Å². The molecule has 0 atom stereocenters. The van der Waals surface area contributed by atoms with Crippen molar-refractivity contribution in [2.45, 2.75) is 44.4 Å². The summed E-state index contributed by atoms with van der Waals surface area (Å²) >= 11 is 0. The van der Waals surface area contributed by atoms with Crippen LogP contribution in [0, 0.1) is 5.92 Å². The molecule has 1 nitrogen and oxygen atoms in total. The van der Waals surface area contributed by atoms with Crippen molar-refractivity contribution in [1.82, 2.24) is 5.32 Å². The lowest BCUT2D eigenvalue weighted by Gasteiger charge is -2.25. The summed E-state index contributed by atoms with van der Waals surface area (Å²) in [5.74, 6) is -2.89. The highest BCUT2D eigenvalue weighted by Crippen LogP contribution is 2.34. The molecule has 0 heterocycles. The summed E-state index contributed by atoms with van der Waals surface area (Å²) in [6, 6.07) is 0. The number of hydrogen-bond donors (Lipinski definition) is 1. The van der Waals surface area contributed by atoms with Crippen LogP contribution in [-0.2, 0) is 0 Å². The van der Waals surface area contributed by atoms with E-state index in [0.717, 1.165) is 25.7 Å². The van der Waals surface area contributed by atoms with Gasteiger partial charge in [-0.2, -0.15) is 0 Å². The molecule has 0 aliphatic heterocycles. The van der Waals surface area contributed by atoms with Gasteiger partial charge >= 0.3 is 0 Å². The second kappa shape index (κ2) is 4.89. The van der Waals surface area contributed by atoms with Crippen molar-refractivity contribution in [3.63, 3.8) is 0 Å². The monoisotopic (exact) mass is 191 g/mol. The van der Waals surface area contributed by atoms with Gasteiger partial charge in [-0.05, 0) is 19.9 Å². The fourth-order valence-corrected chi connectivity index (χ4v) is 2.08. The fourth-order valence-electron chi connectivity index (χ4n) is 2.08. The molecule has 1 fully saturated rings. The zero-order valence-electron chi connectivity index (χ0n) is 8.28. The van der Waals surface area contributed by atoms with Crippen LogP contribution in [0.1, 0.15) is 38.5 Å². The van der Waals surface area contributed by atoms with E-state index in [0.29, 0.717) is 12.8 Å². The van der Waals surface area contributed by atoms with Gasteiger partial charge in [-0.25, -0.2) is 8.78 Å². The van der Waals surface area contributed by atoms with Crippen molar-refractivity contribution in [2.75, 3.05) is 13.6 Å². The first-order chi connectivity index (χ1) is 6.17. The lowest BCUT2D eigenvalue weighted by Crippen LogP contribution is -2.37. The molecule has 1 saturated carbocycles. The highest BCUT2D eigenvalue weighted by molar-refractivity contribution is 4.80. The van der Waals surface area contributed by atoms with Crippen LogP contribution in [0.5, 0.6) is 0 Å². The second-order valence-electron chi connectivity index (χ2n) is 3.98. The average Bonchev–Trinajstić information content (AvgIpc) is 2.31. The topological polar surface area (TPSA) is 12.0 Å². The third-order valence-corrected chi connectivity index (χ3v) is 2.86. The molecule has 0 aromatic rings. The number of halogens is 2. The van der Waals surface area contributed by atoms with E-state index < -0.39 is 5.92 Å². The summed E-state index contributed by atoms with van der Waals surface area (Å²) in [6.07, 6.45) is 5.62. The minimum absolute atomic E-state index is 0.169. The largest absolute Gasteiger partial charge is 0.314 e. The number of rotatable bonds is 3.